The molecule has 27 heavy (non-hydrogen) atoms. The van der Waals surface area contributed by atoms with Crippen molar-refractivity contribution in [2.45, 2.75) is 6.10 Å². The predicted molar refractivity (Wildman–Crippen MR) is 106 cm³/mol. The van der Waals surface area contributed by atoms with Crippen LogP contribution >= 0.6 is 23.2 Å². The number of nitrogens with one attached hydrogen (secondary N) is 2. The summed E-state index contributed by atoms with van der Waals surface area (Å²) in [6.45, 7) is 1.36. The second-order valence-electron chi connectivity index (χ2n) is 6.06. The van der Waals surface area contributed by atoms with Gasteiger partial charge in [-0.25, -0.2) is 4.79 Å². The molecule has 2 N–H and O–H groups in total. The number of anilines is 1. The monoisotopic (exact) mass is 407 g/mol. The Bertz CT molecular complexity index is 843. The van der Waals surface area contributed by atoms with Crippen LogP contribution in [0.3, 0.4) is 0 Å². The summed E-state index contributed by atoms with van der Waals surface area (Å²) < 4.78 is 5.78. The molecule has 1 heterocycles. The highest BCUT2D eigenvalue weighted by Crippen LogP contribution is 2.25. The van der Waals surface area contributed by atoms with Gasteiger partial charge in [-0.1, -0.05) is 35.3 Å². The summed E-state index contributed by atoms with van der Waals surface area (Å²) in [5, 5.41) is 6.25. The second kappa shape index (κ2) is 8.61. The third-order valence-electron chi connectivity index (χ3n) is 4.29. The van der Waals surface area contributed by atoms with Crippen molar-refractivity contribution in [2.24, 2.45) is 0 Å². The van der Waals surface area contributed by atoms with E-state index in [4.69, 9.17) is 27.9 Å². The van der Waals surface area contributed by atoms with E-state index >= 15 is 0 Å². The molecule has 0 aliphatic carbocycles. The minimum absolute atomic E-state index is 0.207. The third-order valence-corrected chi connectivity index (χ3v) is 4.85. The van der Waals surface area contributed by atoms with Crippen molar-refractivity contribution >= 4 is 40.8 Å². The van der Waals surface area contributed by atoms with Crippen LogP contribution in [0, 0.1) is 0 Å². The Morgan fingerprint density at radius 1 is 1.15 bits per heavy atom. The first-order valence-electron chi connectivity index (χ1n) is 8.42. The number of benzene rings is 2. The highest BCUT2D eigenvalue weighted by atomic mass is 35.5. The fraction of sp³-hybridized carbons (Fsp3) is 0.263. The number of rotatable bonds is 3. The molecule has 3 amide bonds. The van der Waals surface area contributed by atoms with Gasteiger partial charge >= 0.3 is 6.03 Å². The van der Waals surface area contributed by atoms with E-state index in [0.717, 1.165) is 5.56 Å². The van der Waals surface area contributed by atoms with E-state index in [2.05, 4.69) is 10.6 Å². The zero-order chi connectivity index (χ0) is 19.4. The lowest BCUT2D eigenvalue weighted by molar-refractivity contribution is -0.0135. The molecule has 0 aromatic heterocycles. The summed E-state index contributed by atoms with van der Waals surface area (Å²) in [6.07, 6.45) is -0.207. The normalized spacial score (nSPS) is 16.7. The number of carbonyl (C=O) groups excluding carboxylic acids is 2. The second-order valence-corrected chi connectivity index (χ2v) is 6.90. The van der Waals surface area contributed by atoms with Crippen molar-refractivity contribution in [1.29, 1.82) is 0 Å². The highest BCUT2D eigenvalue weighted by molar-refractivity contribution is 6.34. The van der Waals surface area contributed by atoms with Crippen LogP contribution in [0.25, 0.3) is 0 Å². The molecule has 0 radical (unpaired) electrons. The lowest BCUT2D eigenvalue weighted by Crippen LogP contribution is -2.44. The summed E-state index contributed by atoms with van der Waals surface area (Å²) in [5.41, 5.74) is 1.84. The van der Waals surface area contributed by atoms with E-state index in [-0.39, 0.29) is 23.1 Å². The van der Waals surface area contributed by atoms with Gasteiger partial charge < -0.3 is 20.3 Å². The van der Waals surface area contributed by atoms with Gasteiger partial charge in [0.25, 0.3) is 5.91 Å². The molecule has 0 bridgehead atoms. The number of urea groups is 1. The summed E-state index contributed by atoms with van der Waals surface area (Å²) >= 11 is 12.1. The van der Waals surface area contributed by atoms with Gasteiger partial charge in [-0.3, -0.25) is 4.79 Å². The smallest absolute Gasteiger partial charge is 0.322 e. The molecular weight excluding hydrogens is 389 g/mol. The Labute approximate surface area is 167 Å². The Hall–Kier alpha value is -2.28. The van der Waals surface area contributed by atoms with Crippen LogP contribution in [0.2, 0.25) is 10.0 Å². The van der Waals surface area contributed by atoms with Crippen LogP contribution in [0.15, 0.2) is 42.5 Å². The maximum Gasteiger partial charge on any atom is 0.322 e. The Balaban J connectivity index is 1.66. The molecule has 1 atom stereocenters. The first kappa shape index (κ1) is 19.5. The maximum absolute atomic E-state index is 12.6. The van der Waals surface area contributed by atoms with Gasteiger partial charge in [0, 0.05) is 24.3 Å². The SMILES string of the molecule is CNC(=O)c1ccc(NC(=O)N2CCOC(c3ccc(Cl)cc3)C2)cc1Cl. The zero-order valence-corrected chi connectivity index (χ0v) is 16.2. The highest BCUT2D eigenvalue weighted by Gasteiger charge is 2.25. The van der Waals surface area contributed by atoms with Gasteiger partial charge in [0.1, 0.15) is 6.10 Å². The van der Waals surface area contributed by atoms with E-state index in [1.165, 1.54) is 7.05 Å². The number of amides is 3. The lowest BCUT2D eigenvalue weighted by atomic mass is 10.1. The molecule has 2 aromatic rings. The lowest BCUT2D eigenvalue weighted by Gasteiger charge is -2.33. The first-order valence-corrected chi connectivity index (χ1v) is 9.18. The standard InChI is InChI=1S/C19H19Cl2N3O3/c1-22-18(25)15-7-6-14(10-16(15)21)23-19(26)24-8-9-27-17(11-24)12-2-4-13(20)5-3-12/h2-7,10,17H,8-9,11H2,1H3,(H,22,25)(H,23,26). The Morgan fingerprint density at radius 3 is 2.56 bits per heavy atom. The van der Waals surface area contributed by atoms with Crippen LogP contribution in [-0.4, -0.2) is 43.6 Å². The quantitative estimate of drug-likeness (QED) is 0.808. The number of ether oxygens (including phenoxy) is 1. The van der Waals surface area contributed by atoms with Crippen molar-refractivity contribution in [1.82, 2.24) is 10.2 Å². The predicted octanol–water partition coefficient (Wildman–Crippen LogP) is 3.96. The van der Waals surface area contributed by atoms with Gasteiger partial charge in [-0.2, -0.15) is 0 Å². The molecule has 6 nitrogen and oxygen atoms in total. The van der Waals surface area contributed by atoms with Gasteiger partial charge in [-0.05, 0) is 35.9 Å². The first-order chi connectivity index (χ1) is 13.0. The number of carbonyl (C=O) groups is 2. The molecule has 2 aromatic carbocycles. The van der Waals surface area contributed by atoms with Crippen molar-refractivity contribution in [3.8, 4) is 0 Å². The molecule has 1 fully saturated rings. The van der Waals surface area contributed by atoms with Crippen molar-refractivity contribution in [3.63, 3.8) is 0 Å². The van der Waals surface area contributed by atoms with Gasteiger partial charge in [-0.15, -0.1) is 0 Å². The summed E-state index contributed by atoms with van der Waals surface area (Å²) in [4.78, 5) is 26.0. The average molecular weight is 408 g/mol. The minimum atomic E-state index is -0.281. The summed E-state index contributed by atoms with van der Waals surface area (Å²) in [6, 6.07) is 11.9. The topological polar surface area (TPSA) is 70.7 Å². The van der Waals surface area contributed by atoms with Crippen LogP contribution in [0.1, 0.15) is 22.0 Å². The zero-order valence-electron chi connectivity index (χ0n) is 14.7. The molecule has 3 rings (SSSR count). The number of nitrogens with zero attached hydrogens (tertiary/aromatic N) is 1. The average Bonchev–Trinajstić information content (AvgIpc) is 2.68. The molecule has 8 heteroatoms. The Kier molecular flexibility index (Phi) is 6.21. The van der Waals surface area contributed by atoms with Gasteiger partial charge in [0.05, 0.1) is 23.7 Å². The molecule has 1 aliphatic heterocycles. The molecular formula is C19H19Cl2N3O3. The molecule has 1 unspecified atom stereocenters. The van der Waals surface area contributed by atoms with E-state index in [9.17, 15) is 9.59 Å². The summed E-state index contributed by atoms with van der Waals surface area (Å²) in [5.74, 6) is -0.281. The minimum Gasteiger partial charge on any atom is -0.370 e. The molecule has 0 saturated carbocycles. The third kappa shape index (κ3) is 4.71. The molecule has 0 spiro atoms. The van der Waals surface area contributed by atoms with Crippen LogP contribution in [-0.2, 0) is 4.74 Å². The van der Waals surface area contributed by atoms with E-state index in [1.54, 1.807) is 35.2 Å². The summed E-state index contributed by atoms with van der Waals surface area (Å²) in [7, 11) is 1.53. The van der Waals surface area contributed by atoms with Gasteiger partial charge in [0.15, 0.2) is 0 Å². The fourth-order valence-electron chi connectivity index (χ4n) is 2.83. The largest absolute Gasteiger partial charge is 0.370 e. The van der Waals surface area contributed by atoms with E-state index in [1.807, 2.05) is 12.1 Å². The maximum atomic E-state index is 12.6. The molecule has 1 aliphatic rings. The fourth-order valence-corrected chi connectivity index (χ4v) is 3.22. The van der Waals surface area contributed by atoms with Gasteiger partial charge in [0.2, 0.25) is 0 Å². The number of hydrogen-bond donors (Lipinski definition) is 2. The molecule has 142 valence electrons. The van der Waals surface area contributed by atoms with Crippen LogP contribution in [0.5, 0.6) is 0 Å². The van der Waals surface area contributed by atoms with Crippen molar-refractivity contribution in [2.75, 3.05) is 32.1 Å². The number of morpholine rings is 1. The van der Waals surface area contributed by atoms with Crippen LogP contribution in [0.4, 0.5) is 10.5 Å². The molecule has 1 saturated heterocycles. The van der Waals surface area contributed by atoms with Crippen LogP contribution < -0.4 is 10.6 Å². The van der Waals surface area contributed by atoms with E-state index in [0.29, 0.717) is 36.0 Å². The number of halogens is 2. The van der Waals surface area contributed by atoms with Crippen molar-refractivity contribution < 1.29 is 14.3 Å². The van der Waals surface area contributed by atoms with Crippen molar-refractivity contribution in [3.05, 3.63) is 63.6 Å². The number of hydrogen-bond acceptors (Lipinski definition) is 3. The van der Waals surface area contributed by atoms with E-state index < -0.39 is 0 Å². The Morgan fingerprint density at radius 2 is 1.89 bits per heavy atom.